The summed E-state index contributed by atoms with van der Waals surface area (Å²) in [6.45, 7) is 4.89. The van der Waals surface area contributed by atoms with Crippen LogP contribution in [-0.4, -0.2) is 38.2 Å². The van der Waals surface area contributed by atoms with Crippen LogP contribution in [0.1, 0.15) is 11.1 Å². The van der Waals surface area contributed by atoms with Gasteiger partial charge in [-0.05, 0) is 12.0 Å². The minimum Gasteiger partial charge on any atom is -1.00 e. The summed E-state index contributed by atoms with van der Waals surface area (Å²) >= 11 is 0. The van der Waals surface area contributed by atoms with Gasteiger partial charge in [-0.3, -0.25) is 0 Å². The van der Waals surface area contributed by atoms with Gasteiger partial charge in [0.25, 0.3) is 0 Å². The van der Waals surface area contributed by atoms with Gasteiger partial charge in [0, 0.05) is 17.8 Å². The number of anilines is 1. The monoisotopic (exact) mass is 330 g/mol. The Hall–Kier alpha value is -0.290. The third-order valence-electron chi connectivity index (χ3n) is 3.74. The number of hydrogen-bond donors (Lipinski definition) is 0. The Labute approximate surface area is 115 Å². The molecule has 0 aliphatic carbocycles. The molecular formula is C13H19IN2. The van der Waals surface area contributed by atoms with Crippen molar-refractivity contribution in [3.05, 3.63) is 29.3 Å². The van der Waals surface area contributed by atoms with Crippen LogP contribution in [-0.2, 0) is 13.0 Å². The molecule has 88 valence electrons. The first-order valence-electron chi connectivity index (χ1n) is 5.83. The van der Waals surface area contributed by atoms with Gasteiger partial charge in [0.05, 0.1) is 27.2 Å². The summed E-state index contributed by atoms with van der Waals surface area (Å²) < 4.78 is 1.12. The fourth-order valence-electron chi connectivity index (χ4n) is 2.90. The third-order valence-corrected chi connectivity index (χ3v) is 3.74. The molecule has 2 heterocycles. The Morgan fingerprint density at radius 1 is 1.12 bits per heavy atom. The van der Waals surface area contributed by atoms with Gasteiger partial charge in [0.1, 0.15) is 6.54 Å². The summed E-state index contributed by atoms with van der Waals surface area (Å²) in [6, 6.07) is 6.83. The predicted molar refractivity (Wildman–Crippen MR) is 63.0 cm³/mol. The zero-order valence-corrected chi connectivity index (χ0v) is 12.2. The average Bonchev–Trinajstić information content (AvgIpc) is 2.53. The molecule has 0 fully saturated rings. The number of halogens is 1. The summed E-state index contributed by atoms with van der Waals surface area (Å²) in [6.07, 6.45) is 1.25. The van der Waals surface area contributed by atoms with Crippen LogP contribution in [0.25, 0.3) is 0 Å². The summed E-state index contributed by atoms with van der Waals surface area (Å²) in [7, 11) is 4.67. The highest BCUT2D eigenvalue weighted by molar-refractivity contribution is 5.63. The third kappa shape index (κ3) is 1.95. The molecular weight excluding hydrogens is 311 g/mol. The van der Waals surface area contributed by atoms with Crippen LogP contribution in [0.2, 0.25) is 0 Å². The lowest BCUT2D eigenvalue weighted by Gasteiger charge is -2.28. The van der Waals surface area contributed by atoms with Gasteiger partial charge in [-0.25, -0.2) is 0 Å². The van der Waals surface area contributed by atoms with E-state index in [1.165, 1.54) is 32.6 Å². The summed E-state index contributed by atoms with van der Waals surface area (Å²) in [5.74, 6) is 0. The first-order valence-corrected chi connectivity index (χ1v) is 5.83. The molecule has 0 atom stereocenters. The van der Waals surface area contributed by atoms with Crippen molar-refractivity contribution in [3.63, 3.8) is 0 Å². The second-order valence-electron chi connectivity index (χ2n) is 5.48. The Morgan fingerprint density at radius 3 is 2.69 bits per heavy atom. The lowest BCUT2D eigenvalue weighted by atomic mass is 10.1. The maximum absolute atomic E-state index is 2.58. The van der Waals surface area contributed by atoms with Crippen LogP contribution in [0, 0.1) is 0 Å². The van der Waals surface area contributed by atoms with Crippen LogP contribution in [0.15, 0.2) is 18.2 Å². The van der Waals surface area contributed by atoms with Crippen molar-refractivity contribution in [2.24, 2.45) is 0 Å². The van der Waals surface area contributed by atoms with Crippen molar-refractivity contribution in [2.75, 3.05) is 38.6 Å². The molecule has 2 aliphatic heterocycles. The molecule has 16 heavy (non-hydrogen) atoms. The maximum Gasteiger partial charge on any atom is 0.106 e. The highest BCUT2D eigenvalue weighted by Crippen LogP contribution is 2.34. The zero-order valence-electron chi connectivity index (χ0n) is 10.0. The molecule has 0 radical (unpaired) electrons. The quantitative estimate of drug-likeness (QED) is 0.420. The number of quaternary nitrogens is 1. The Bertz CT molecular complexity index is 401. The van der Waals surface area contributed by atoms with Gasteiger partial charge in [-0.2, -0.15) is 0 Å². The first-order chi connectivity index (χ1) is 7.16. The van der Waals surface area contributed by atoms with Crippen molar-refractivity contribution >= 4 is 5.69 Å². The van der Waals surface area contributed by atoms with E-state index < -0.39 is 0 Å². The van der Waals surface area contributed by atoms with Crippen LogP contribution >= 0.6 is 0 Å². The van der Waals surface area contributed by atoms with Crippen molar-refractivity contribution < 1.29 is 28.5 Å². The summed E-state index contributed by atoms with van der Waals surface area (Å²) in [5, 5.41) is 0. The number of nitrogens with zero attached hydrogens (tertiary/aromatic N) is 2. The van der Waals surface area contributed by atoms with E-state index in [0.29, 0.717) is 0 Å². The Kier molecular flexibility index (Phi) is 3.18. The number of benzene rings is 1. The highest BCUT2D eigenvalue weighted by atomic mass is 127. The van der Waals surface area contributed by atoms with Crippen molar-refractivity contribution in [3.8, 4) is 0 Å². The Balaban J connectivity index is 0.000000963. The van der Waals surface area contributed by atoms with E-state index in [4.69, 9.17) is 0 Å². The predicted octanol–water partition coefficient (Wildman–Crippen LogP) is -1.36. The average molecular weight is 330 g/mol. The van der Waals surface area contributed by atoms with E-state index in [0.717, 1.165) is 4.48 Å². The number of likely N-dealkylation sites (N-methyl/N-ethyl adjacent to an activating group) is 1. The van der Waals surface area contributed by atoms with Crippen LogP contribution in [0.5, 0.6) is 0 Å². The minimum atomic E-state index is 0. The van der Waals surface area contributed by atoms with Gasteiger partial charge in [0.15, 0.2) is 0 Å². The second kappa shape index (κ2) is 4.18. The van der Waals surface area contributed by atoms with Gasteiger partial charge >= 0.3 is 0 Å². The standard InChI is InChI=1S/C13H19N2.HI/c1-15(2)9-8-14-7-6-11-4-3-5-12(10-15)13(11)14;/h3-5H,6-10H2,1-2H3;1H/q+1;/p-1. The molecule has 0 spiro atoms. The molecule has 0 aromatic heterocycles. The van der Waals surface area contributed by atoms with E-state index in [9.17, 15) is 0 Å². The molecule has 2 nitrogen and oxygen atoms in total. The molecule has 3 rings (SSSR count). The molecule has 1 aromatic carbocycles. The van der Waals surface area contributed by atoms with E-state index >= 15 is 0 Å². The van der Waals surface area contributed by atoms with Gasteiger partial charge in [-0.15, -0.1) is 0 Å². The van der Waals surface area contributed by atoms with E-state index in [1.54, 1.807) is 16.8 Å². The molecule has 3 heteroatoms. The lowest BCUT2D eigenvalue weighted by molar-refractivity contribution is -0.901. The normalized spacial score (nSPS) is 21.0. The zero-order chi connectivity index (χ0) is 10.5. The lowest BCUT2D eigenvalue weighted by Crippen LogP contribution is -3.00. The number of hydrogen-bond acceptors (Lipinski definition) is 1. The molecule has 2 aliphatic rings. The Morgan fingerprint density at radius 2 is 1.88 bits per heavy atom. The van der Waals surface area contributed by atoms with Crippen molar-refractivity contribution in [1.82, 2.24) is 0 Å². The molecule has 0 amide bonds. The SMILES string of the molecule is C[N+]1(C)CCN2CCc3cccc(c32)C1.[I-]. The van der Waals surface area contributed by atoms with Crippen LogP contribution in [0.4, 0.5) is 5.69 Å². The maximum atomic E-state index is 2.58. The highest BCUT2D eigenvalue weighted by Gasteiger charge is 2.30. The van der Waals surface area contributed by atoms with Crippen LogP contribution in [0.3, 0.4) is 0 Å². The topological polar surface area (TPSA) is 3.24 Å². The van der Waals surface area contributed by atoms with E-state index in [2.05, 4.69) is 37.2 Å². The van der Waals surface area contributed by atoms with E-state index in [1.807, 2.05) is 0 Å². The first kappa shape index (κ1) is 12.2. The van der Waals surface area contributed by atoms with E-state index in [-0.39, 0.29) is 24.0 Å². The molecule has 0 bridgehead atoms. The number of para-hydroxylation sites is 1. The fraction of sp³-hybridized carbons (Fsp3) is 0.538. The van der Waals surface area contributed by atoms with Gasteiger partial charge < -0.3 is 33.4 Å². The van der Waals surface area contributed by atoms with Gasteiger partial charge in [0.2, 0.25) is 0 Å². The minimum absolute atomic E-state index is 0. The number of rotatable bonds is 0. The summed E-state index contributed by atoms with van der Waals surface area (Å²) in [4.78, 5) is 2.58. The van der Waals surface area contributed by atoms with Gasteiger partial charge in [-0.1, -0.05) is 18.2 Å². The van der Waals surface area contributed by atoms with Crippen LogP contribution < -0.4 is 28.9 Å². The van der Waals surface area contributed by atoms with Crippen molar-refractivity contribution in [2.45, 2.75) is 13.0 Å². The molecule has 0 saturated carbocycles. The molecule has 1 aromatic rings. The second-order valence-corrected chi connectivity index (χ2v) is 5.48. The molecule has 0 unspecified atom stereocenters. The molecule has 0 saturated heterocycles. The van der Waals surface area contributed by atoms with Crippen molar-refractivity contribution in [1.29, 1.82) is 0 Å². The molecule has 0 N–H and O–H groups in total. The largest absolute Gasteiger partial charge is 1.00 e. The summed E-state index contributed by atoms with van der Waals surface area (Å²) in [5.41, 5.74) is 4.67. The smallest absolute Gasteiger partial charge is 0.106 e. The fourth-order valence-corrected chi connectivity index (χ4v) is 2.90.